The molecule has 0 saturated carbocycles. The number of nitrogens with one attached hydrogen (secondary N) is 1. The number of nitrogens with zero attached hydrogens (tertiary/aromatic N) is 3. The molecule has 0 saturated heterocycles. The molecule has 5 nitrogen and oxygen atoms in total. The van der Waals surface area contributed by atoms with Crippen LogP contribution in [0, 0.1) is 22.7 Å². The third kappa shape index (κ3) is 5.25. The predicted octanol–water partition coefficient (Wildman–Crippen LogP) is 6.19. The average molecular weight is 509 g/mol. The Morgan fingerprint density at radius 1 is 1.18 bits per heavy atom. The van der Waals surface area contributed by atoms with E-state index in [4.69, 9.17) is 0 Å². The number of nitriles is 1. The first-order valence-corrected chi connectivity index (χ1v) is 13.2. The lowest BCUT2D eigenvalue weighted by atomic mass is 9.72. The number of carbonyl (C=O) groups excluding carboxylic acids is 1. The van der Waals surface area contributed by atoms with E-state index in [1.54, 1.807) is 0 Å². The summed E-state index contributed by atoms with van der Waals surface area (Å²) in [6.07, 6.45) is 0.441. The van der Waals surface area contributed by atoms with Gasteiger partial charge in [-0.05, 0) is 61.8 Å². The van der Waals surface area contributed by atoms with Crippen molar-refractivity contribution in [3.8, 4) is 6.07 Å². The Labute approximate surface area is 205 Å². The second-order valence-corrected chi connectivity index (χ2v) is 12.0. The molecule has 1 amide bonds. The van der Waals surface area contributed by atoms with Gasteiger partial charge in [-0.25, -0.2) is 9.97 Å². The molecule has 0 radical (unpaired) electrons. The molecule has 0 spiro atoms. The smallest absolute Gasteiger partial charge is 0.316 e. The maximum Gasteiger partial charge on any atom is 0.433 e. The first-order chi connectivity index (χ1) is 16.0. The number of thiophene rings is 1. The van der Waals surface area contributed by atoms with Crippen molar-refractivity contribution < 1.29 is 18.0 Å². The minimum Gasteiger partial charge on any atom is -0.316 e. The van der Waals surface area contributed by atoms with Crippen LogP contribution in [-0.4, -0.2) is 21.6 Å². The molecule has 0 fully saturated rings. The molecule has 0 aromatic carbocycles. The largest absolute Gasteiger partial charge is 0.433 e. The van der Waals surface area contributed by atoms with E-state index in [0.717, 1.165) is 47.9 Å². The van der Waals surface area contributed by atoms with Crippen LogP contribution in [0.2, 0.25) is 0 Å². The van der Waals surface area contributed by atoms with Crippen LogP contribution < -0.4 is 5.32 Å². The molecule has 1 atom stereocenters. The highest BCUT2D eigenvalue weighted by atomic mass is 32.2. The quantitative estimate of drug-likeness (QED) is 0.394. The summed E-state index contributed by atoms with van der Waals surface area (Å²) < 4.78 is 40.6. The Hall–Kier alpha value is -2.12. The van der Waals surface area contributed by atoms with Gasteiger partial charge < -0.3 is 5.32 Å². The van der Waals surface area contributed by atoms with Crippen LogP contribution in [0.15, 0.2) is 5.16 Å². The molecule has 2 aliphatic carbocycles. The highest BCUT2D eigenvalue weighted by molar-refractivity contribution is 7.99. The van der Waals surface area contributed by atoms with Crippen LogP contribution in [0.1, 0.15) is 73.0 Å². The number of aromatic nitrogens is 2. The Morgan fingerprint density at radius 3 is 2.59 bits per heavy atom. The van der Waals surface area contributed by atoms with E-state index < -0.39 is 11.9 Å². The van der Waals surface area contributed by atoms with E-state index in [1.807, 2.05) is 0 Å². The average Bonchev–Trinajstić information content (AvgIpc) is 3.11. The Bertz CT molecular complexity index is 1150. The van der Waals surface area contributed by atoms with E-state index in [1.165, 1.54) is 11.3 Å². The van der Waals surface area contributed by atoms with Crippen LogP contribution in [0.25, 0.3) is 0 Å². The maximum absolute atomic E-state index is 13.5. The van der Waals surface area contributed by atoms with Crippen LogP contribution in [0.4, 0.5) is 18.2 Å². The van der Waals surface area contributed by atoms with Gasteiger partial charge in [0.1, 0.15) is 11.1 Å². The third-order valence-corrected chi connectivity index (χ3v) is 8.64. The molecule has 2 heterocycles. The molecule has 2 aliphatic rings. The topological polar surface area (TPSA) is 78.7 Å². The normalized spacial score (nSPS) is 18.1. The fourth-order valence-electron chi connectivity index (χ4n) is 4.69. The molecule has 0 unspecified atom stereocenters. The van der Waals surface area contributed by atoms with Gasteiger partial charge in [0, 0.05) is 16.1 Å². The first-order valence-electron chi connectivity index (χ1n) is 11.4. The van der Waals surface area contributed by atoms with Crippen LogP contribution in [-0.2, 0) is 36.7 Å². The summed E-state index contributed by atoms with van der Waals surface area (Å²) in [4.78, 5) is 21.8. The van der Waals surface area contributed by atoms with Crippen molar-refractivity contribution >= 4 is 34.0 Å². The summed E-state index contributed by atoms with van der Waals surface area (Å²) in [7, 11) is 0. The summed E-state index contributed by atoms with van der Waals surface area (Å²) in [5.41, 5.74) is 1.43. The lowest BCUT2D eigenvalue weighted by Crippen LogP contribution is -2.26. The van der Waals surface area contributed by atoms with Gasteiger partial charge in [0.15, 0.2) is 10.9 Å². The molecule has 1 N–H and O–H groups in total. The summed E-state index contributed by atoms with van der Waals surface area (Å²) >= 11 is 2.33. The summed E-state index contributed by atoms with van der Waals surface area (Å²) in [5, 5.41) is 13.0. The number of carbonyl (C=O) groups is 1. The van der Waals surface area contributed by atoms with Crippen molar-refractivity contribution in [1.82, 2.24) is 9.97 Å². The standard InChI is InChI=1S/C24H27F3N4OS2/c1-23(2,3)13-8-9-14-16(11-28)21(34-18(14)10-13)30-19(32)12-33-22-29-17-7-5-4-6-15(17)20(31-22)24(25,26)27/h13H,4-10,12H2,1-3H3,(H,30,32)/t13-/m1/s1. The molecular weight excluding hydrogens is 481 g/mol. The Balaban J connectivity index is 1.47. The van der Waals surface area contributed by atoms with Gasteiger partial charge >= 0.3 is 6.18 Å². The van der Waals surface area contributed by atoms with Crippen LogP contribution >= 0.6 is 23.1 Å². The van der Waals surface area contributed by atoms with Crippen molar-refractivity contribution in [3.05, 3.63) is 33.0 Å². The van der Waals surface area contributed by atoms with Crippen molar-refractivity contribution in [2.24, 2.45) is 11.3 Å². The summed E-state index contributed by atoms with van der Waals surface area (Å²) in [6.45, 7) is 6.65. The van der Waals surface area contributed by atoms with E-state index in [2.05, 4.69) is 42.1 Å². The third-order valence-electron chi connectivity index (χ3n) is 6.62. The fraction of sp³-hybridized carbons (Fsp3) is 0.583. The number of rotatable bonds is 4. The second-order valence-electron chi connectivity index (χ2n) is 9.95. The number of anilines is 1. The number of hydrogen-bond acceptors (Lipinski definition) is 6. The minimum absolute atomic E-state index is 0.0397. The highest BCUT2D eigenvalue weighted by Gasteiger charge is 2.38. The zero-order valence-electron chi connectivity index (χ0n) is 19.4. The fourth-order valence-corrected chi connectivity index (χ4v) is 6.65. The van der Waals surface area contributed by atoms with Crippen molar-refractivity contribution in [2.75, 3.05) is 11.1 Å². The van der Waals surface area contributed by atoms with Crippen molar-refractivity contribution in [1.29, 1.82) is 5.26 Å². The van der Waals surface area contributed by atoms with Crippen LogP contribution in [0.5, 0.6) is 0 Å². The molecule has 2 aromatic heterocycles. The number of hydrogen-bond donors (Lipinski definition) is 1. The van der Waals surface area contributed by atoms with E-state index in [0.29, 0.717) is 41.4 Å². The number of aryl methyl sites for hydroxylation is 1. The number of alkyl halides is 3. The molecule has 10 heteroatoms. The van der Waals surface area contributed by atoms with E-state index >= 15 is 0 Å². The van der Waals surface area contributed by atoms with Gasteiger partial charge in [0.2, 0.25) is 5.91 Å². The van der Waals surface area contributed by atoms with Crippen LogP contribution in [0.3, 0.4) is 0 Å². The molecule has 34 heavy (non-hydrogen) atoms. The Kier molecular flexibility index (Phi) is 6.98. The molecule has 4 rings (SSSR count). The molecule has 0 bridgehead atoms. The van der Waals surface area contributed by atoms with Gasteiger partial charge in [0.05, 0.1) is 11.3 Å². The summed E-state index contributed by atoms with van der Waals surface area (Å²) in [5.74, 6) is -0.00986. The van der Waals surface area contributed by atoms with Gasteiger partial charge in [-0.3, -0.25) is 4.79 Å². The SMILES string of the molecule is CC(C)(C)[C@@H]1CCc2c(sc(NC(=O)CSc3nc4c(c(C(F)(F)F)n3)CCCC4)c2C#N)C1. The lowest BCUT2D eigenvalue weighted by Gasteiger charge is -2.33. The molecule has 0 aliphatic heterocycles. The number of amides is 1. The predicted molar refractivity (Wildman–Crippen MR) is 127 cm³/mol. The maximum atomic E-state index is 13.5. The zero-order chi connectivity index (χ0) is 24.7. The molecule has 182 valence electrons. The van der Waals surface area contributed by atoms with Gasteiger partial charge in [-0.1, -0.05) is 32.5 Å². The van der Waals surface area contributed by atoms with Gasteiger partial charge in [-0.2, -0.15) is 18.4 Å². The van der Waals surface area contributed by atoms with E-state index in [9.17, 15) is 23.2 Å². The van der Waals surface area contributed by atoms with Gasteiger partial charge in [-0.15, -0.1) is 11.3 Å². The number of halogens is 3. The zero-order valence-corrected chi connectivity index (χ0v) is 21.1. The molecule has 2 aromatic rings. The minimum atomic E-state index is -4.55. The number of fused-ring (bicyclic) bond motifs is 2. The number of thioether (sulfide) groups is 1. The Morgan fingerprint density at radius 2 is 1.91 bits per heavy atom. The lowest BCUT2D eigenvalue weighted by molar-refractivity contribution is -0.142. The van der Waals surface area contributed by atoms with Crippen molar-refractivity contribution in [3.63, 3.8) is 0 Å². The van der Waals surface area contributed by atoms with Crippen molar-refractivity contribution in [2.45, 2.75) is 77.0 Å². The highest BCUT2D eigenvalue weighted by Crippen LogP contribution is 2.44. The first kappa shape index (κ1) is 25.0. The molecular formula is C24H27F3N4OS2. The van der Waals surface area contributed by atoms with Gasteiger partial charge in [0.25, 0.3) is 0 Å². The monoisotopic (exact) mass is 508 g/mol. The second kappa shape index (κ2) is 9.50. The van der Waals surface area contributed by atoms with E-state index in [-0.39, 0.29) is 27.8 Å². The summed E-state index contributed by atoms with van der Waals surface area (Å²) in [6, 6.07) is 2.23.